The number of aromatic hydroxyl groups is 1. The van der Waals surface area contributed by atoms with Crippen molar-refractivity contribution in [3.8, 4) is 5.75 Å². The Labute approximate surface area is 181 Å². The quantitative estimate of drug-likeness (QED) is 0.595. The van der Waals surface area contributed by atoms with Gasteiger partial charge in [0.15, 0.2) is 5.69 Å². The van der Waals surface area contributed by atoms with E-state index in [0.29, 0.717) is 31.8 Å². The van der Waals surface area contributed by atoms with Gasteiger partial charge in [-0.25, -0.2) is 0 Å². The van der Waals surface area contributed by atoms with Crippen LogP contribution in [-0.4, -0.2) is 57.8 Å². The number of nitrogens with one attached hydrogen (secondary N) is 1. The summed E-state index contributed by atoms with van der Waals surface area (Å²) in [6, 6.07) is 8.22. The lowest BCUT2D eigenvalue weighted by Crippen LogP contribution is -2.48. The maximum absolute atomic E-state index is 12.5. The number of rotatable bonds is 8. The average molecular weight is 428 g/mol. The Bertz CT molecular complexity index is 898. The number of phenolic OH excluding ortho intramolecular Hbond substituents is 1. The molecule has 1 unspecified atom stereocenters. The van der Waals surface area contributed by atoms with E-state index in [1.165, 1.54) is 0 Å². The van der Waals surface area contributed by atoms with Gasteiger partial charge < -0.3 is 25.0 Å². The van der Waals surface area contributed by atoms with Gasteiger partial charge in [0.05, 0.1) is 12.6 Å². The molecule has 0 spiro atoms. The van der Waals surface area contributed by atoms with Gasteiger partial charge in [0.25, 0.3) is 5.91 Å². The maximum Gasteiger partial charge on any atom is 0.273 e. The van der Waals surface area contributed by atoms with E-state index in [-0.39, 0.29) is 41.8 Å². The number of hydrogen-bond acceptors (Lipinski definition) is 6. The summed E-state index contributed by atoms with van der Waals surface area (Å²) >= 11 is 0. The SMILES string of the molecule is O=C(NC(CO)C1CCN(C(=O)CCc2ccc(O)cc2)CC1)c1cc(C2CC2)on1. The summed E-state index contributed by atoms with van der Waals surface area (Å²) in [5, 5.41) is 25.9. The van der Waals surface area contributed by atoms with E-state index >= 15 is 0 Å². The Hall–Kier alpha value is -2.87. The summed E-state index contributed by atoms with van der Waals surface area (Å²) < 4.78 is 5.24. The third-order valence-corrected chi connectivity index (χ3v) is 6.28. The molecule has 1 saturated heterocycles. The van der Waals surface area contributed by atoms with Crippen LogP contribution in [0.25, 0.3) is 0 Å². The molecule has 1 aromatic heterocycles. The van der Waals surface area contributed by atoms with E-state index in [4.69, 9.17) is 4.52 Å². The molecule has 2 amide bonds. The van der Waals surface area contributed by atoms with Gasteiger partial charge in [0.2, 0.25) is 5.91 Å². The highest BCUT2D eigenvalue weighted by atomic mass is 16.5. The number of piperidine rings is 1. The largest absolute Gasteiger partial charge is 0.508 e. The van der Waals surface area contributed by atoms with Gasteiger partial charge in [0, 0.05) is 31.5 Å². The molecule has 2 aromatic rings. The fourth-order valence-electron chi connectivity index (χ4n) is 4.13. The molecule has 1 atom stereocenters. The monoisotopic (exact) mass is 427 g/mol. The third kappa shape index (κ3) is 5.44. The van der Waals surface area contributed by atoms with Crippen LogP contribution in [0.3, 0.4) is 0 Å². The maximum atomic E-state index is 12.5. The van der Waals surface area contributed by atoms with Crippen LogP contribution in [0.1, 0.15) is 59.8 Å². The summed E-state index contributed by atoms with van der Waals surface area (Å²) in [6.45, 7) is 1.07. The minimum atomic E-state index is -0.372. The predicted molar refractivity (Wildman–Crippen MR) is 113 cm³/mol. The summed E-state index contributed by atoms with van der Waals surface area (Å²) in [5.41, 5.74) is 1.27. The molecule has 0 radical (unpaired) electrons. The first-order chi connectivity index (χ1) is 15.0. The molecule has 8 nitrogen and oxygen atoms in total. The number of carbonyl (C=O) groups excluding carboxylic acids is 2. The van der Waals surface area contributed by atoms with Crippen LogP contribution >= 0.6 is 0 Å². The first-order valence-electron chi connectivity index (χ1n) is 11.0. The predicted octanol–water partition coefficient (Wildman–Crippen LogP) is 2.22. The van der Waals surface area contributed by atoms with Gasteiger partial charge in [-0.05, 0) is 55.7 Å². The number of likely N-dealkylation sites (tertiary alicyclic amines) is 1. The number of aliphatic hydroxyl groups is 1. The molecule has 1 aliphatic carbocycles. The van der Waals surface area contributed by atoms with Gasteiger partial charge in [-0.15, -0.1) is 0 Å². The number of carbonyl (C=O) groups is 2. The number of aromatic nitrogens is 1. The minimum Gasteiger partial charge on any atom is -0.508 e. The summed E-state index contributed by atoms with van der Waals surface area (Å²) in [7, 11) is 0. The van der Waals surface area contributed by atoms with Crippen LogP contribution in [-0.2, 0) is 11.2 Å². The van der Waals surface area contributed by atoms with Gasteiger partial charge in [0.1, 0.15) is 11.5 Å². The number of benzene rings is 1. The molecule has 166 valence electrons. The van der Waals surface area contributed by atoms with E-state index in [1.807, 2.05) is 17.0 Å². The molecule has 2 aliphatic rings. The van der Waals surface area contributed by atoms with Crippen LogP contribution in [0.15, 0.2) is 34.9 Å². The first-order valence-corrected chi connectivity index (χ1v) is 11.0. The standard InChI is InChI=1S/C23H29N3O5/c27-14-20(24-23(30)19-13-21(31-25-19)17-4-5-17)16-9-11-26(12-10-16)22(29)8-3-15-1-6-18(28)7-2-15/h1-2,6-7,13,16-17,20,27-28H,3-5,8-12,14H2,(H,24,30). The fourth-order valence-corrected chi connectivity index (χ4v) is 4.13. The molecular formula is C23H29N3O5. The second kappa shape index (κ2) is 9.51. The molecule has 1 saturated carbocycles. The summed E-state index contributed by atoms with van der Waals surface area (Å²) in [5.74, 6) is 1.23. The average Bonchev–Trinajstić information content (AvgIpc) is 3.53. The lowest BCUT2D eigenvalue weighted by Gasteiger charge is -2.35. The smallest absolute Gasteiger partial charge is 0.273 e. The zero-order valence-electron chi connectivity index (χ0n) is 17.5. The van der Waals surface area contributed by atoms with Crippen molar-refractivity contribution in [3.05, 3.63) is 47.3 Å². The topological polar surface area (TPSA) is 116 Å². The van der Waals surface area contributed by atoms with Crippen LogP contribution in [0, 0.1) is 5.92 Å². The molecule has 31 heavy (non-hydrogen) atoms. The van der Waals surface area contributed by atoms with Crippen molar-refractivity contribution in [2.45, 2.75) is 50.5 Å². The van der Waals surface area contributed by atoms with Gasteiger partial charge in [-0.3, -0.25) is 9.59 Å². The number of phenols is 1. The second-order valence-electron chi connectivity index (χ2n) is 8.54. The first kappa shape index (κ1) is 21.4. The number of aliphatic hydroxyl groups excluding tert-OH is 1. The Morgan fingerprint density at radius 1 is 1.16 bits per heavy atom. The molecule has 1 aliphatic heterocycles. The Morgan fingerprint density at radius 3 is 2.52 bits per heavy atom. The number of amides is 2. The van der Waals surface area contributed by atoms with Crippen LogP contribution in [0.5, 0.6) is 5.75 Å². The van der Waals surface area contributed by atoms with Gasteiger partial charge >= 0.3 is 0 Å². The number of nitrogens with zero attached hydrogens (tertiary/aromatic N) is 2. The molecule has 4 rings (SSSR count). The van der Waals surface area contributed by atoms with Crippen molar-refractivity contribution < 1.29 is 24.3 Å². The lowest BCUT2D eigenvalue weighted by molar-refractivity contribution is -0.132. The number of hydrogen-bond donors (Lipinski definition) is 3. The third-order valence-electron chi connectivity index (χ3n) is 6.28. The highest BCUT2D eigenvalue weighted by Crippen LogP contribution is 2.40. The zero-order chi connectivity index (χ0) is 21.8. The van der Waals surface area contributed by atoms with Gasteiger partial charge in [-0.1, -0.05) is 17.3 Å². The molecule has 2 fully saturated rings. The molecular weight excluding hydrogens is 398 g/mol. The second-order valence-corrected chi connectivity index (χ2v) is 8.54. The van der Waals surface area contributed by atoms with Crippen LogP contribution in [0.4, 0.5) is 0 Å². The van der Waals surface area contributed by atoms with E-state index < -0.39 is 0 Å². The van der Waals surface area contributed by atoms with Crippen molar-refractivity contribution in [1.29, 1.82) is 0 Å². The summed E-state index contributed by atoms with van der Waals surface area (Å²) in [6.07, 6.45) is 4.65. The normalized spacial score (nSPS) is 18.0. The fraction of sp³-hybridized carbons (Fsp3) is 0.522. The van der Waals surface area contributed by atoms with E-state index in [1.54, 1.807) is 18.2 Å². The number of aryl methyl sites for hydroxylation is 1. The van der Waals surface area contributed by atoms with Crippen molar-refractivity contribution in [2.24, 2.45) is 5.92 Å². The highest BCUT2D eigenvalue weighted by molar-refractivity contribution is 5.92. The van der Waals surface area contributed by atoms with Gasteiger partial charge in [-0.2, -0.15) is 0 Å². The molecule has 0 bridgehead atoms. The van der Waals surface area contributed by atoms with Crippen LogP contribution < -0.4 is 5.32 Å². The Morgan fingerprint density at radius 2 is 1.87 bits per heavy atom. The molecule has 1 aromatic carbocycles. The van der Waals surface area contributed by atoms with E-state index in [9.17, 15) is 19.8 Å². The van der Waals surface area contributed by atoms with Crippen molar-refractivity contribution in [3.63, 3.8) is 0 Å². The van der Waals surface area contributed by atoms with E-state index in [2.05, 4.69) is 10.5 Å². The van der Waals surface area contributed by atoms with Crippen molar-refractivity contribution in [2.75, 3.05) is 19.7 Å². The van der Waals surface area contributed by atoms with Crippen molar-refractivity contribution >= 4 is 11.8 Å². The minimum absolute atomic E-state index is 0.102. The Kier molecular flexibility index (Phi) is 6.56. The summed E-state index contributed by atoms with van der Waals surface area (Å²) in [4.78, 5) is 26.9. The Balaban J connectivity index is 1.23. The molecule has 2 heterocycles. The van der Waals surface area contributed by atoms with Crippen LogP contribution in [0.2, 0.25) is 0 Å². The molecule has 8 heteroatoms. The van der Waals surface area contributed by atoms with Crippen molar-refractivity contribution in [1.82, 2.24) is 15.4 Å². The highest BCUT2D eigenvalue weighted by Gasteiger charge is 2.31. The zero-order valence-corrected chi connectivity index (χ0v) is 17.5. The van der Waals surface area contributed by atoms with E-state index in [0.717, 1.165) is 37.0 Å². The molecule has 3 N–H and O–H groups in total. The lowest BCUT2D eigenvalue weighted by atomic mass is 9.89.